The fourth-order valence-electron chi connectivity index (χ4n) is 4.89. The lowest BCUT2D eigenvalue weighted by Gasteiger charge is -2.27. The summed E-state index contributed by atoms with van der Waals surface area (Å²) in [5, 5.41) is 15.7. The summed E-state index contributed by atoms with van der Waals surface area (Å²) in [5.41, 5.74) is 3.37. The van der Waals surface area contributed by atoms with Crippen molar-refractivity contribution in [2.75, 3.05) is 31.2 Å². The van der Waals surface area contributed by atoms with E-state index in [2.05, 4.69) is 9.88 Å². The molecule has 2 aliphatic heterocycles. The zero-order chi connectivity index (χ0) is 21.0. The molecule has 1 aliphatic carbocycles. The lowest BCUT2D eigenvalue weighted by molar-refractivity contribution is -0.137. The Hall–Kier alpha value is -2.97. The van der Waals surface area contributed by atoms with E-state index in [-0.39, 0.29) is 5.69 Å². The van der Waals surface area contributed by atoms with Crippen molar-refractivity contribution in [3.8, 4) is 5.69 Å². The van der Waals surface area contributed by atoms with Gasteiger partial charge in [0.05, 0.1) is 42.2 Å². The molecule has 1 spiro atoms. The highest BCUT2D eigenvalue weighted by atomic mass is 16.7. The topological polar surface area (TPSA) is 89.7 Å². The first-order valence-corrected chi connectivity index (χ1v) is 10.9. The molecule has 0 radical (unpaired) electrons. The number of aromatic carboxylic acids is 1. The molecule has 0 unspecified atom stereocenters. The normalized spacial score (nSPS) is 20.6. The fraction of sp³-hybridized carbons (Fsp3) is 0.435. The maximum atomic E-state index is 12.0. The van der Waals surface area contributed by atoms with Gasteiger partial charge in [-0.2, -0.15) is 5.10 Å². The minimum absolute atomic E-state index is 0.0222. The largest absolute Gasteiger partial charge is 0.477 e. The number of para-hydroxylation sites is 1. The molecule has 3 aliphatic rings. The van der Waals surface area contributed by atoms with Gasteiger partial charge in [0.25, 0.3) is 0 Å². The van der Waals surface area contributed by atoms with E-state index in [9.17, 15) is 9.90 Å². The van der Waals surface area contributed by atoms with E-state index in [0.717, 1.165) is 48.3 Å². The first kappa shape index (κ1) is 18.8. The van der Waals surface area contributed by atoms with Crippen molar-refractivity contribution < 1.29 is 19.4 Å². The van der Waals surface area contributed by atoms with Gasteiger partial charge in [-0.05, 0) is 31.0 Å². The molecule has 31 heavy (non-hydrogen) atoms. The van der Waals surface area contributed by atoms with Crippen molar-refractivity contribution in [3.05, 3.63) is 47.8 Å². The summed E-state index contributed by atoms with van der Waals surface area (Å²) in [7, 11) is 0. The Bertz CT molecular complexity index is 1150. The van der Waals surface area contributed by atoms with E-state index in [4.69, 9.17) is 14.6 Å². The number of aromatic nitrogens is 3. The zero-order valence-corrected chi connectivity index (χ0v) is 17.2. The molecule has 3 aromatic rings. The zero-order valence-electron chi connectivity index (χ0n) is 17.2. The Morgan fingerprint density at radius 2 is 1.94 bits per heavy atom. The minimum Gasteiger partial charge on any atom is -0.477 e. The van der Waals surface area contributed by atoms with Crippen molar-refractivity contribution >= 4 is 22.7 Å². The van der Waals surface area contributed by atoms with E-state index < -0.39 is 11.8 Å². The summed E-state index contributed by atoms with van der Waals surface area (Å²) in [5.74, 6) is -1.26. The number of ether oxygens (including phenoxy) is 2. The molecule has 1 saturated carbocycles. The summed E-state index contributed by atoms with van der Waals surface area (Å²) in [6, 6.07) is 11.5. The highest BCUT2D eigenvalue weighted by Gasteiger charge is 2.44. The number of fused-ring (bicyclic) bond motifs is 1. The van der Waals surface area contributed by atoms with Crippen LogP contribution in [0.4, 0.5) is 5.69 Å². The minimum atomic E-state index is -1.04. The number of nitrogens with zero attached hydrogens (tertiary/aromatic N) is 4. The molecule has 4 heterocycles. The van der Waals surface area contributed by atoms with Gasteiger partial charge < -0.3 is 19.5 Å². The number of carboxylic acid groups (broad SMARTS) is 1. The van der Waals surface area contributed by atoms with Crippen LogP contribution in [-0.4, -0.2) is 57.9 Å². The second kappa shape index (κ2) is 7.03. The van der Waals surface area contributed by atoms with Crippen LogP contribution in [0.1, 0.15) is 47.8 Å². The van der Waals surface area contributed by atoms with Crippen molar-refractivity contribution in [2.45, 2.75) is 37.4 Å². The molecule has 0 atom stereocenters. The van der Waals surface area contributed by atoms with Crippen molar-refractivity contribution in [1.82, 2.24) is 14.8 Å². The van der Waals surface area contributed by atoms with Gasteiger partial charge in [-0.3, -0.25) is 0 Å². The van der Waals surface area contributed by atoms with Crippen LogP contribution < -0.4 is 4.90 Å². The van der Waals surface area contributed by atoms with E-state index >= 15 is 0 Å². The molecule has 0 bridgehead atoms. The highest BCUT2D eigenvalue weighted by molar-refractivity contribution is 5.98. The average Bonchev–Trinajstić information content (AvgIpc) is 3.47. The molecule has 1 aromatic carbocycles. The van der Waals surface area contributed by atoms with Gasteiger partial charge in [0.2, 0.25) is 0 Å². The monoisotopic (exact) mass is 420 g/mol. The summed E-state index contributed by atoms with van der Waals surface area (Å²) in [6.45, 7) is 2.50. The molecule has 8 nitrogen and oxygen atoms in total. The molecular weight excluding hydrogens is 396 g/mol. The molecule has 0 amide bonds. The summed E-state index contributed by atoms with van der Waals surface area (Å²) < 4.78 is 13.6. The summed E-state index contributed by atoms with van der Waals surface area (Å²) in [4.78, 5) is 18.7. The van der Waals surface area contributed by atoms with Gasteiger partial charge in [0.15, 0.2) is 17.1 Å². The number of anilines is 1. The Morgan fingerprint density at radius 3 is 2.61 bits per heavy atom. The number of carbonyl (C=O) groups is 1. The first-order valence-electron chi connectivity index (χ1n) is 10.9. The molecule has 160 valence electrons. The van der Waals surface area contributed by atoms with Crippen LogP contribution in [0, 0.1) is 0 Å². The van der Waals surface area contributed by atoms with E-state index in [1.54, 1.807) is 10.7 Å². The number of hydrogen-bond acceptors (Lipinski definition) is 6. The molecule has 3 fully saturated rings. The lowest BCUT2D eigenvalue weighted by atomic mass is 9.82. The number of pyridine rings is 1. The average molecular weight is 420 g/mol. The van der Waals surface area contributed by atoms with Crippen LogP contribution in [0.2, 0.25) is 0 Å². The Kier molecular flexibility index (Phi) is 4.26. The highest BCUT2D eigenvalue weighted by Crippen LogP contribution is 2.44. The molecular formula is C23H24N4O4. The predicted molar refractivity (Wildman–Crippen MR) is 114 cm³/mol. The number of rotatable bonds is 4. The van der Waals surface area contributed by atoms with E-state index in [1.807, 2.05) is 30.3 Å². The van der Waals surface area contributed by atoms with Crippen molar-refractivity contribution in [3.63, 3.8) is 0 Å². The third kappa shape index (κ3) is 3.01. The van der Waals surface area contributed by atoms with Crippen LogP contribution in [-0.2, 0) is 9.47 Å². The van der Waals surface area contributed by atoms with Gasteiger partial charge in [-0.15, -0.1) is 0 Å². The smallest absolute Gasteiger partial charge is 0.354 e. The number of benzene rings is 1. The van der Waals surface area contributed by atoms with Gasteiger partial charge in [-0.25, -0.2) is 14.5 Å². The van der Waals surface area contributed by atoms with E-state index in [0.29, 0.717) is 31.3 Å². The fourth-order valence-corrected chi connectivity index (χ4v) is 4.89. The Morgan fingerprint density at radius 1 is 1.16 bits per heavy atom. The maximum Gasteiger partial charge on any atom is 0.354 e. The molecule has 2 saturated heterocycles. The Labute approximate surface area is 179 Å². The lowest BCUT2D eigenvalue weighted by Crippen LogP contribution is -2.34. The van der Waals surface area contributed by atoms with Gasteiger partial charge in [-0.1, -0.05) is 24.6 Å². The third-order valence-corrected chi connectivity index (χ3v) is 6.70. The number of hydrogen-bond donors (Lipinski definition) is 1. The van der Waals surface area contributed by atoms with Crippen LogP contribution >= 0.6 is 0 Å². The molecule has 6 rings (SSSR count). The quantitative estimate of drug-likeness (QED) is 0.692. The number of carboxylic acids is 1. The first-order chi connectivity index (χ1) is 15.1. The van der Waals surface area contributed by atoms with Crippen LogP contribution in [0.15, 0.2) is 36.4 Å². The van der Waals surface area contributed by atoms with Crippen molar-refractivity contribution in [2.24, 2.45) is 0 Å². The summed E-state index contributed by atoms with van der Waals surface area (Å²) >= 11 is 0. The van der Waals surface area contributed by atoms with Crippen LogP contribution in [0.3, 0.4) is 0 Å². The summed E-state index contributed by atoms with van der Waals surface area (Å²) in [6.07, 6.45) is 4.13. The van der Waals surface area contributed by atoms with Gasteiger partial charge >= 0.3 is 5.97 Å². The SMILES string of the molecule is O=C(O)c1cc(N2CCC3(C2)OCCO3)c2c(C3CCC3)nn(-c3ccccc3)c2n1. The van der Waals surface area contributed by atoms with Crippen molar-refractivity contribution in [1.29, 1.82) is 0 Å². The predicted octanol–water partition coefficient (Wildman–Crippen LogP) is 3.34. The standard InChI is InChI=1S/C23H24N4O4/c28-22(29)17-13-18(26-10-9-23(14-26)30-11-12-31-23)19-20(15-5-4-6-15)25-27(21(19)24-17)16-7-2-1-3-8-16/h1-3,7-8,13,15H,4-6,9-12,14H2,(H,28,29). The van der Waals surface area contributed by atoms with Crippen LogP contribution in [0.5, 0.6) is 0 Å². The van der Waals surface area contributed by atoms with Gasteiger partial charge in [0, 0.05) is 18.9 Å². The van der Waals surface area contributed by atoms with Crippen LogP contribution in [0.25, 0.3) is 16.7 Å². The third-order valence-electron chi connectivity index (χ3n) is 6.70. The maximum absolute atomic E-state index is 12.0. The van der Waals surface area contributed by atoms with Gasteiger partial charge in [0.1, 0.15) is 0 Å². The second-order valence-electron chi connectivity index (χ2n) is 8.57. The second-order valence-corrected chi connectivity index (χ2v) is 8.57. The molecule has 1 N–H and O–H groups in total. The van der Waals surface area contributed by atoms with E-state index in [1.165, 1.54) is 6.42 Å². The molecule has 8 heteroatoms. The molecule has 2 aromatic heterocycles. The Balaban J connectivity index is 1.57.